The van der Waals surface area contributed by atoms with Gasteiger partial charge in [0.2, 0.25) is 0 Å². The van der Waals surface area contributed by atoms with Crippen molar-refractivity contribution < 1.29 is 9.53 Å². The second-order valence-corrected chi connectivity index (χ2v) is 5.23. The van der Waals surface area contributed by atoms with Crippen LogP contribution in [0.3, 0.4) is 0 Å². The maximum atomic E-state index is 11.4. The molecule has 16 heavy (non-hydrogen) atoms. The first-order valence-corrected chi connectivity index (χ1v) is 5.60. The number of alkyl carbamates (subject to hydrolysis) is 1. The highest BCUT2D eigenvalue weighted by Gasteiger charge is 2.22. The average Bonchev–Trinajstić information content (AvgIpc) is 2.79. The highest BCUT2D eigenvalue weighted by Crippen LogP contribution is 2.18. The van der Waals surface area contributed by atoms with Crippen LogP contribution in [-0.2, 0) is 4.74 Å². The van der Waals surface area contributed by atoms with Crippen LogP contribution >= 0.6 is 12.4 Å². The van der Waals surface area contributed by atoms with Gasteiger partial charge in [0.05, 0.1) is 0 Å². The fourth-order valence-corrected chi connectivity index (χ4v) is 1.19. The zero-order valence-corrected chi connectivity index (χ0v) is 11.3. The Labute approximate surface area is 104 Å². The van der Waals surface area contributed by atoms with Gasteiger partial charge >= 0.3 is 6.09 Å². The summed E-state index contributed by atoms with van der Waals surface area (Å²) in [7, 11) is 0. The fourth-order valence-electron chi connectivity index (χ4n) is 1.19. The van der Waals surface area contributed by atoms with Gasteiger partial charge in [-0.15, -0.1) is 12.4 Å². The molecule has 0 radical (unpaired) electrons. The number of carbonyl (C=O) groups excluding carboxylic acids is 1. The second-order valence-electron chi connectivity index (χ2n) is 5.23. The SMILES string of the molecule is CC(CNC1CC1)NC(=O)OC(C)(C)C.Cl. The van der Waals surface area contributed by atoms with Gasteiger partial charge in [-0.05, 0) is 40.5 Å². The predicted octanol–water partition coefficient (Wildman–Crippen LogP) is 2.07. The lowest BCUT2D eigenvalue weighted by Crippen LogP contribution is -2.43. The van der Waals surface area contributed by atoms with E-state index in [1.165, 1.54) is 12.8 Å². The molecule has 1 fully saturated rings. The molecular formula is C11H23ClN2O2. The highest BCUT2D eigenvalue weighted by molar-refractivity contribution is 5.85. The Morgan fingerprint density at radius 3 is 2.44 bits per heavy atom. The van der Waals surface area contributed by atoms with Crippen LogP contribution in [0.2, 0.25) is 0 Å². The maximum absolute atomic E-state index is 11.4. The van der Waals surface area contributed by atoms with Crippen LogP contribution in [0.1, 0.15) is 40.5 Å². The molecular weight excluding hydrogens is 228 g/mol. The molecule has 96 valence electrons. The van der Waals surface area contributed by atoms with E-state index >= 15 is 0 Å². The number of hydrogen-bond acceptors (Lipinski definition) is 3. The lowest BCUT2D eigenvalue weighted by atomic mass is 10.2. The van der Waals surface area contributed by atoms with Gasteiger partial charge < -0.3 is 15.4 Å². The number of amides is 1. The Morgan fingerprint density at radius 2 is 2.00 bits per heavy atom. The molecule has 4 nitrogen and oxygen atoms in total. The van der Waals surface area contributed by atoms with Gasteiger partial charge in [-0.2, -0.15) is 0 Å². The van der Waals surface area contributed by atoms with E-state index in [-0.39, 0.29) is 24.5 Å². The third-order valence-corrected chi connectivity index (χ3v) is 2.05. The van der Waals surface area contributed by atoms with Gasteiger partial charge in [-0.25, -0.2) is 4.79 Å². The summed E-state index contributed by atoms with van der Waals surface area (Å²) in [4.78, 5) is 11.4. The van der Waals surface area contributed by atoms with Crippen molar-refractivity contribution in [2.24, 2.45) is 0 Å². The monoisotopic (exact) mass is 250 g/mol. The first kappa shape index (κ1) is 15.5. The van der Waals surface area contributed by atoms with Crippen LogP contribution in [0, 0.1) is 0 Å². The molecule has 1 atom stereocenters. The van der Waals surface area contributed by atoms with Crippen molar-refractivity contribution in [2.75, 3.05) is 6.54 Å². The summed E-state index contributed by atoms with van der Waals surface area (Å²) >= 11 is 0. The topological polar surface area (TPSA) is 50.4 Å². The van der Waals surface area contributed by atoms with Crippen molar-refractivity contribution in [1.29, 1.82) is 0 Å². The molecule has 0 aromatic heterocycles. The van der Waals surface area contributed by atoms with Crippen molar-refractivity contribution in [2.45, 2.75) is 58.2 Å². The summed E-state index contributed by atoms with van der Waals surface area (Å²) in [5.74, 6) is 0. The first-order valence-electron chi connectivity index (χ1n) is 5.60. The standard InChI is InChI=1S/C11H22N2O2.ClH/c1-8(7-12-9-5-6-9)13-10(14)15-11(2,3)4;/h8-9,12H,5-7H2,1-4H3,(H,13,14);1H. The summed E-state index contributed by atoms with van der Waals surface area (Å²) < 4.78 is 5.15. The number of hydrogen-bond donors (Lipinski definition) is 2. The minimum absolute atomic E-state index is 0. The third kappa shape index (κ3) is 7.77. The zero-order valence-electron chi connectivity index (χ0n) is 10.5. The van der Waals surface area contributed by atoms with Crippen LogP contribution in [0.25, 0.3) is 0 Å². The number of carbonyl (C=O) groups is 1. The summed E-state index contributed by atoms with van der Waals surface area (Å²) in [5.41, 5.74) is -0.423. The number of nitrogens with one attached hydrogen (secondary N) is 2. The van der Waals surface area contributed by atoms with Crippen molar-refractivity contribution in [1.82, 2.24) is 10.6 Å². The molecule has 1 unspecified atom stereocenters. The quantitative estimate of drug-likeness (QED) is 0.803. The van der Waals surface area contributed by atoms with Crippen LogP contribution in [0.4, 0.5) is 4.79 Å². The largest absolute Gasteiger partial charge is 0.444 e. The molecule has 5 heteroatoms. The van der Waals surface area contributed by atoms with E-state index in [9.17, 15) is 4.79 Å². The van der Waals surface area contributed by atoms with Crippen LogP contribution in [0.15, 0.2) is 0 Å². The third-order valence-electron chi connectivity index (χ3n) is 2.05. The van der Waals surface area contributed by atoms with Crippen molar-refractivity contribution in [3.8, 4) is 0 Å². The van der Waals surface area contributed by atoms with Crippen LogP contribution in [0.5, 0.6) is 0 Å². The molecule has 1 aliphatic carbocycles. The number of halogens is 1. The van der Waals surface area contributed by atoms with Gasteiger partial charge in [0.15, 0.2) is 0 Å². The maximum Gasteiger partial charge on any atom is 0.407 e. The lowest BCUT2D eigenvalue weighted by Gasteiger charge is -2.22. The van der Waals surface area contributed by atoms with Gasteiger partial charge in [0.25, 0.3) is 0 Å². The lowest BCUT2D eigenvalue weighted by molar-refractivity contribution is 0.0508. The minimum atomic E-state index is -0.423. The molecule has 0 aromatic carbocycles. The normalized spacial score (nSPS) is 17.2. The molecule has 1 rings (SSSR count). The molecule has 1 saturated carbocycles. The van der Waals surface area contributed by atoms with Crippen LogP contribution in [-0.4, -0.2) is 30.3 Å². The Bertz CT molecular complexity index is 225. The molecule has 2 N–H and O–H groups in total. The molecule has 1 aliphatic rings. The fraction of sp³-hybridized carbons (Fsp3) is 0.909. The highest BCUT2D eigenvalue weighted by atomic mass is 35.5. The summed E-state index contributed by atoms with van der Waals surface area (Å²) in [5, 5.41) is 6.15. The summed E-state index contributed by atoms with van der Waals surface area (Å²) in [6, 6.07) is 0.785. The van der Waals surface area contributed by atoms with E-state index in [0.717, 1.165) is 6.54 Å². The Balaban J connectivity index is 0.00000225. The molecule has 0 aliphatic heterocycles. The average molecular weight is 251 g/mol. The smallest absolute Gasteiger partial charge is 0.407 e. The van der Waals surface area contributed by atoms with Gasteiger partial charge in [0.1, 0.15) is 5.60 Å². The van der Waals surface area contributed by atoms with Gasteiger partial charge in [-0.3, -0.25) is 0 Å². The first-order chi connectivity index (χ1) is 6.87. The number of rotatable bonds is 4. The van der Waals surface area contributed by atoms with E-state index in [0.29, 0.717) is 6.04 Å². The summed E-state index contributed by atoms with van der Waals surface area (Å²) in [6.07, 6.45) is 2.19. The molecule has 0 bridgehead atoms. The van der Waals surface area contributed by atoms with Gasteiger partial charge in [-0.1, -0.05) is 0 Å². The molecule has 0 heterocycles. The Hall–Kier alpha value is -0.480. The molecule has 0 aromatic rings. The summed E-state index contributed by atoms with van der Waals surface area (Å²) in [6.45, 7) is 8.36. The molecule has 0 spiro atoms. The van der Waals surface area contributed by atoms with Gasteiger partial charge in [0, 0.05) is 18.6 Å². The second kappa shape index (κ2) is 6.30. The van der Waals surface area contributed by atoms with E-state index in [4.69, 9.17) is 4.74 Å². The minimum Gasteiger partial charge on any atom is -0.444 e. The van der Waals surface area contributed by atoms with Crippen LogP contribution < -0.4 is 10.6 Å². The van der Waals surface area contributed by atoms with Crippen molar-refractivity contribution >= 4 is 18.5 Å². The number of ether oxygens (including phenoxy) is 1. The molecule has 0 saturated heterocycles. The van der Waals surface area contributed by atoms with E-state index < -0.39 is 5.60 Å². The zero-order chi connectivity index (χ0) is 11.5. The predicted molar refractivity (Wildman–Crippen MR) is 67.1 cm³/mol. The Kier molecular flexibility index (Phi) is 6.11. The van der Waals surface area contributed by atoms with E-state index in [1.807, 2.05) is 27.7 Å². The Morgan fingerprint density at radius 1 is 1.44 bits per heavy atom. The van der Waals surface area contributed by atoms with E-state index in [2.05, 4.69) is 10.6 Å². The van der Waals surface area contributed by atoms with Crippen molar-refractivity contribution in [3.63, 3.8) is 0 Å². The molecule has 1 amide bonds. The van der Waals surface area contributed by atoms with Crippen molar-refractivity contribution in [3.05, 3.63) is 0 Å². The van der Waals surface area contributed by atoms with E-state index in [1.54, 1.807) is 0 Å².